The van der Waals surface area contributed by atoms with E-state index in [0.717, 1.165) is 12.8 Å². The molecule has 1 atom stereocenters. The molecule has 0 amide bonds. The van der Waals surface area contributed by atoms with Gasteiger partial charge in [0.2, 0.25) is 0 Å². The first-order valence-corrected chi connectivity index (χ1v) is 4.61. The predicted molar refractivity (Wildman–Crippen MR) is 50.1 cm³/mol. The summed E-state index contributed by atoms with van der Waals surface area (Å²) in [6.45, 7) is 4.24. The zero-order valence-corrected chi connectivity index (χ0v) is 7.92. The highest BCUT2D eigenvalue weighted by atomic mass is 16.4. The summed E-state index contributed by atoms with van der Waals surface area (Å²) in [6.07, 6.45) is 7.56. The Bertz CT molecular complexity index is 150. The van der Waals surface area contributed by atoms with Gasteiger partial charge in [-0.1, -0.05) is 32.8 Å². The lowest BCUT2D eigenvalue weighted by Gasteiger charge is -2.07. The predicted octanol–water partition coefficient (Wildman–Crippen LogP) is 2.84. The molecule has 0 aliphatic rings. The lowest BCUT2D eigenvalue weighted by Crippen LogP contribution is -1.96. The Balaban J connectivity index is 3.73. The molecule has 0 rings (SSSR count). The summed E-state index contributed by atoms with van der Waals surface area (Å²) >= 11 is 0. The highest BCUT2D eigenvalue weighted by Gasteiger charge is 2.00. The molecule has 0 radical (unpaired) electrons. The van der Waals surface area contributed by atoms with Crippen molar-refractivity contribution in [2.45, 2.75) is 39.5 Å². The molecule has 0 aliphatic carbocycles. The molecular formula is C10H18O2. The molecule has 1 unspecified atom stereocenters. The second kappa shape index (κ2) is 6.89. The molecule has 0 aromatic rings. The van der Waals surface area contributed by atoms with Gasteiger partial charge in [-0.3, -0.25) is 0 Å². The van der Waals surface area contributed by atoms with Crippen molar-refractivity contribution in [2.75, 3.05) is 0 Å². The molecule has 12 heavy (non-hydrogen) atoms. The van der Waals surface area contributed by atoms with Crippen LogP contribution in [0.15, 0.2) is 12.2 Å². The van der Waals surface area contributed by atoms with Crippen LogP contribution in [-0.2, 0) is 4.79 Å². The molecule has 0 aromatic heterocycles. The van der Waals surface area contributed by atoms with Gasteiger partial charge in [0.25, 0.3) is 0 Å². The number of rotatable bonds is 6. The minimum Gasteiger partial charge on any atom is -0.478 e. The normalized spacial score (nSPS) is 13.5. The topological polar surface area (TPSA) is 37.3 Å². The molecule has 0 bridgehead atoms. The van der Waals surface area contributed by atoms with E-state index in [1.165, 1.54) is 18.9 Å². The highest BCUT2D eigenvalue weighted by Crippen LogP contribution is 2.13. The van der Waals surface area contributed by atoms with Crippen molar-refractivity contribution >= 4 is 5.97 Å². The maximum Gasteiger partial charge on any atom is 0.327 e. The first kappa shape index (κ1) is 11.2. The molecule has 0 fully saturated rings. The molecule has 70 valence electrons. The van der Waals surface area contributed by atoms with E-state index in [0.29, 0.717) is 5.92 Å². The van der Waals surface area contributed by atoms with Crippen LogP contribution < -0.4 is 0 Å². The quantitative estimate of drug-likeness (QED) is 0.622. The van der Waals surface area contributed by atoms with Gasteiger partial charge in [0, 0.05) is 6.08 Å². The van der Waals surface area contributed by atoms with E-state index >= 15 is 0 Å². The van der Waals surface area contributed by atoms with Crippen LogP contribution in [0.5, 0.6) is 0 Å². The average Bonchev–Trinajstić information content (AvgIpc) is 2.05. The Kier molecular flexibility index (Phi) is 6.44. The van der Waals surface area contributed by atoms with Crippen molar-refractivity contribution in [3.05, 3.63) is 12.2 Å². The zero-order chi connectivity index (χ0) is 9.40. The minimum atomic E-state index is -0.843. The van der Waals surface area contributed by atoms with Crippen LogP contribution in [0.2, 0.25) is 0 Å². The minimum absolute atomic E-state index is 0.445. The number of carboxylic acids is 1. The monoisotopic (exact) mass is 170 g/mol. The number of aliphatic carboxylic acids is 1. The average molecular weight is 170 g/mol. The fraction of sp³-hybridized carbons (Fsp3) is 0.700. The third-order valence-electron chi connectivity index (χ3n) is 1.96. The fourth-order valence-electron chi connectivity index (χ4n) is 1.12. The molecule has 0 saturated carbocycles. The first-order chi connectivity index (χ1) is 5.70. The zero-order valence-electron chi connectivity index (χ0n) is 7.92. The van der Waals surface area contributed by atoms with Gasteiger partial charge in [-0.05, 0) is 18.8 Å². The fourth-order valence-corrected chi connectivity index (χ4v) is 1.12. The van der Waals surface area contributed by atoms with Crippen LogP contribution in [-0.4, -0.2) is 11.1 Å². The largest absolute Gasteiger partial charge is 0.478 e. The van der Waals surface area contributed by atoms with Crippen LogP contribution in [0.25, 0.3) is 0 Å². The Labute approximate surface area is 74.3 Å². The van der Waals surface area contributed by atoms with E-state index in [-0.39, 0.29) is 0 Å². The molecule has 1 N–H and O–H groups in total. The number of allylic oxidation sites excluding steroid dienone is 1. The number of unbranched alkanes of at least 4 members (excludes halogenated alkanes) is 1. The van der Waals surface area contributed by atoms with Crippen molar-refractivity contribution < 1.29 is 9.90 Å². The molecule has 0 aliphatic heterocycles. The molecular weight excluding hydrogens is 152 g/mol. The number of hydrogen-bond acceptors (Lipinski definition) is 1. The van der Waals surface area contributed by atoms with E-state index in [1.807, 2.05) is 0 Å². The summed E-state index contributed by atoms with van der Waals surface area (Å²) in [4.78, 5) is 10.2. The Hall–Kier alpha value is -0.790. The molecule has 0 aromatic carbocycles. The SMILES string of the molecule is CCCCC(C=CC(=O)O)CC. The summed E-state index contributed by atoms with van der Waals surface area (Å²) in [5.41, 5.74) is 0. The van der Waals surface area contributed by atoms with E-state index in [1.54, 1.807) is 6.08 Å². The highest BCUT2D eigenvalue weighted by molar-refractivity contribution is 5.79. The molecule has 0 saturated heterocycles. The van der Waals surface area contributed by atoms with E-state index in [9.17, 15) is 4.79 Å². The number of hydrogen-bond donors (Lipinski definition) is 1. The standard InChI is InChI=1S/C10H18O2/c1-3-5-6-9(4-2)7-8-10(11)12/h7-9H,3-6H2,1-2H3,(H,11,12). The van der Waals surface area contributed by atoms with Crippen LogP contribution in [0.1, 0.15) is 39.5 Å². The van der Waals surface area contributed by atoms with Crippen molar-refractivity contribution in [2.24, 2.45) is 5.92 Å². The van der Waals surface area contributed by atoms with Gasteiger partial charge in [0.05, 0.1) is 0 Å². The van der Waals surface area contributed by atoms with Crippen molar-refractivity contribution in [1.29, 1.82) is 0 Å². The molecule has 0 heterocycles. The summed E-state index contributed by atoms with van der Waals surface area (Å²) in [7, 11) is 0. The van der Waals surface area contributed by atoms with E-state index in [4.69, 9.17) is 5.11 Å². The lowest BCUT2D eigenvalue weighted by atomic mass is 9.99. The maximum atomic E-state index is 10.2. The second-order valence-corrected chi connectivity index (χ2v) is 3.01. The first-order valence-electron chi connectivity index (χ1n) is 4.61. The maximum absolute atomic E-state index is 10.2. The van der Waals surface area contributed by atoms with Crippen LogP contribution in [0.4, 0.5) is 0 Å². The Morgan fingerprint density at radius 2 is 2.17 bits per heavy atom. The van der Waals surface area contributed by atoms with Crippen LogP contribution in [0.3, 0.4) is 0 Å². The van der Waals surface area contributed by atoms with Gasteiger partial charge in [-0.2, -0.15) is 0 Å². The Morgan fingerprint density at radius 3 is 2.58 bits per heavy atom. The molecule has 2 nitrogen and oxygen atoms in total. The van der Waals surface area contributed by atoms with Crippen molar-refractivity contribution in [3.8, 4) is 0 Å². The van der Waals surface area contributed by atoms with Crippen LogP contribution in [0, 0.1) is 5.92 Å². The summed E-state index contributed by atoms with van der Waals surface area (Å²) < 4.78 is 0. The van der Waals surface area contributed by atoms with Gasteiger partial charge in [0.1, 0.15) is 0 Å². The van der Waals surface area contributed by atoms with Crippen molar-refractivity contribution in [1.82, 2.24) is 0 Å². The molecule has 2 heteroatoms. The third kappa shape index (κ3) is 5.96. The summed E-state index contributed by atoms with van der Waals surface area (Å²) in [5.74, 6) is -0.397. The van der Waals surface area contributed by atoms with Crippen molar-refractivity contribution in [3.63, 3.8) is 0 Å². The third-order valence-corrected chi connectivity index (χ3v) is 1.96. The second-order valence-electron chi connectivity index (χ2n) is 3.01. The van der Waals surface area contributed by atoms with E-state index < -0.39 is 5.97 Å². The van der Waals surface area contributed by atoms with Gasteiger partial charge >= 0.3 is 5.97 Å². The van der Waals surface area contributed by atoms with E-state index in [2.05, 4.69) is 13.8 Å². The van der Waals surface area contributed by atoms with Gasteiger partial charge in [0.15, 0.2) is 0 Å². The molecule has 0 spiro atoms. The Morgan fingerprint density at radius 1 is 1.50 bits per heavy atom. The smallest absolute Gasteiger partial charge is 0.327 e. The number of carboxylic acid groups (broad SMARTS) is 1. The summed E-state index contributed by atoms with van der Waals surface area (Å²) in [6, 6.07) is 0. The van der Waals surface area contributed by atoms with Crippen LogP contribution >= 0.6 is 0 Å². The van der Waals surface area contributed by atoms with Gasteiger partial charge in [-0.25, -0.2) is 4.79 Å². The van der Waals surface area contributed by atoms with Gasteiger partial charge < -0.3 is 5.11 Å². The van der Waals surface area contributed by atoms with Gasteiger partial charge in [-0.15, -0.1) is 0 Å². The summed E-state index contributed by atoms with van der Waals surface area (Å²) in [5, 5.41) is 8.40. The number of carbonyl (C=O) groups is 1. The lowest BCUT2D eigenvalue weighted by molar-refractivity contribution is -0.131.